The number of amides is 1. The lowest BCUT2D eigenvalue weighted by atomic mass is 9.92. The summed E-state index contributed by atoms with van der Waals surface area (Å²) in [5, 5.41) is 0. The van der Waals surface area contributed by atoms with E-state index in [1.54, 1.807) is 0 Å². The van der Waals surface area contributed by atoms with Gasteiger partial charge in [-0.3, -0.25) is 4.79 Å². The van der Waals surface area contributed by atoms with E-state index < -0.39 is 0 Å². The first-order valence-corrected chi connectivity index (χ1v) is 8.84. The van der Waals surface area contributed by atoms with E-state index in [2.05, 4.69) is 29.2 Å². The zero-order valence-corrected chi connectivity index (χ0v) is 13.4. The van der Waals surface area contributed by atoms with Crippen molar-refractivity contribution in [1.29, 1.82) is 0 Å². The van der Waals surface area contributed by atoms with Crippen molar-refractivity contribution >= 4 is 5.91 Å². The minimum Gasteiger partial charge on any atom is -0.335 e. The van der Waals surface area contributed by atoms with Gasteiger partial charge in [-0.1, -0.05) is 49.6 Å². The number of benzene rings is 1. The summed E-state index contributed by atoms with van der Waals surface area (Å²) in [5.74, 6) is 0.504. The Morgan fingerprint density at radius 1 is 1.05 bits per heavy atom. The Bertz CT molecular complexity index is 481. The third-order valence-electron chi connectivity index (χ3n) is 5.32. The normalized spacial score (nSPS) is 26.0. The van der Waals surface area contributed by atoms with Gasteiger partial charge in [0.15, 0.2) is 0 Å². The predicted octanol–water partition coefficient (Wildman–Crippen LogP) is 3.48. The summed E-state index contributed by atoms with van der Waals surface area (Å²) in [7, 11) is 0. The van der Waals surface area contributed by atoms with Crippen molar-refractivity contribution in [3.05, 3.63) is 35.9 Å². The Labute approximate surface area is 133 Å². The highest BCUT2D eigenvalue weighted by Gasteiger charge is 2.34. The number of carbonyl (C=O) groups excluding carboxylic acids is 1. The second-order valence-electron chi connectivity index (χ2n) is 7.01. The molecule has 3 nitrogen and oxygen atoms in total. The van der Waals surface area contributed by atoms with E-state index in [1.807, 2.05) is 6.07 Å². The molecule has 2 fully saturated rings. The van der Waals surface area contributed by atoms with Crippen LogP contribution in [-0.4, -0.2) is 22.9 Å². The number of nitrogens with zero attached hydrogens (tertiary/aromatic N) is 1. The number of nitrogens with two attached hydrogens (primary N) is 1. The number of rotatable bonds is 4. The van der Waals surface area contributed by atoms with Gasteiger partial charge in [0.1, 0.15) is 0 Å². The van der Waals surface area contributed by atoms with Gasteiger partial charge in [0.2, 0.25) is 5.91 Å². The smallest absolute Gasteiger partial charge is 0.226 e. The topological polar surface area (TPSA) is 46.3 Å². The number of hydrogen-bond acceptors (Lipinski definition) is 2. The summed E-state index contributed by atoms with van der Waals surface area (Å²) in [4.78, 5) is 15.2. The minimum absolute atomic E-state index is 0.153. The second-order valence-corrected chi connectivity index (χ2v) is 7.01. The van der Waals surface area contributed by atoms with Gasteiger partial charge in [0.25, 0.3) is 0 Å². The van der Waals surface area contributed by atoms with E-state index in [0.717, 1.165) is 38.6 Å². The molecule has 2 atom stereocenters. The highest BCUT2D eigenvalue weighted by Crippen LogP contribution is 2.31. The average molecular weight is 300 g/mol. The van der Waals surface area contributed by atoms with E-state index in [9.17, 15) is 4.79 Å². The van der Waals surface area contributed by atoms with Crippen LogP contribution in [0, 0.1) is 5.92 Å². The first-order valence-electron chi connectivity index (χ1n) is 8.84. The molecule has 0 saturated heterocycles. The van der Waals surface area contributed by atoms with Gasteiger partial charge < -0.3 is 10.6 Å². The fourth-order valence-corrected chi connectivity index (χ4v) is 4.04. The molecule has 2 aliphatic carbocycles. The maximum Gasteiger partial charge on any atom is 0.226 e. The van der Waals surface area contributed by atoms with Crippen LogP contribution in [0.3, 0.4) is 0 Å². The molecule has 2 aliphatic rings. The van der Waals surface area contributed by atoms with Crippen LogP contribution in [0.4, 0.5) is 0 Å². The van der Waals surface area contributed by atoms with Crippen molar-refractivity contribution in [3.63, 3.8) is 0 Å². The fraction of sp³-hybridized carbons (Fsp3) is 0.632. The summed E-state index contributed by atoms with van der Waals surface area (Å²) >= 11 is 0. The van der Waals surface area contributed by atoms with Gasteiger partial charge in [0.05, 0.1) is 0 Å². The molecule has 3 heteroatoms. The average Bonchev–Trinajstić information content (AvgIpc) is 3.00. The number of carbonyl (C=O) groups is 1. The van der Waals surface area contributed by atoms with Gasteiger partial charge in [-0.15, -0.1) is 0 Å². The van der Waals surface area contributed by atoms with Crippen molar-refractivity contribution in [3.8, 4) is 0 Å². The molecule has 0 heterocycles. The van der Waals surface area contributed by atoms with Crippen LogP contribution in [0.15, 0.2) is 30.3 Å². The first-order chi connectivity index (χ1) is 10.7. The molecule has 1 aromatic rings. The Morgan fingerprint density at radius 2 is 1.77 bits per heavy atom. The Balaban J connectivity index is 1.74. The largest absolute Gasteiger partial charge is 0.335 e. The van der Waals surface area contributed by atoms with E-state index in [0.29, 0.717) is 11.9 Å². The van der Waals surface area contributed by atoms with Crippen LogP contribution in [0.5, 0.6) is 0 Å². The Hall–Kier alpha value is -1.35. The third kappa shape index (κ3) is 3.70. The van der Waals surface area contributed by atoms with Crippen LogP contribution in [-0.2, 0) is 11.3 Å². The molecule has 2 saturated carbocycles. The van der Waals surface area contributed by atoms with E-state index in [4.69, 9.17) is 5.73 Å². The molecule has 2 unspecified atom stereocenters. The summed E-state index contributed by atoms with van der Waals surface area (Å²) in [6.07, 6.45) is 9.00. The van der Waals surface area contributed by atoms with Crippen LogP contribution in [0.25, 0.3) is 0 Å². The lowest BCUT2D eigenvalue weighted by Gasteiger charge is -2.36. The van der Waals surface area contributed by atoms with E-state index in [-0.39, 0.29) is 12.0 Å². The minimum atomic E-state index is 0.153. The van der Waals surface area contributed by atoms with Crippen LogP contribution in [0.2, 0.25) is 0 Å². The zero-order chi connectivity index (χ0) is 15.4. The third-order valence-corrected chi connectivity index (χ3v) is 5.32. The van der Waals surface area contributed by atoms with Gasteiger partial charge in [-0.25, -0.2) is 0 Å². The molecule has 0 bridgehead atoms. The van der Waals surface area contributed by atoms with E-state index >= 15 is 0 Å². The number of hydrogen-bond donors (Lipinski definition) is 1. The predicted molar refractivity (Wildman–Crippen MR) is 89.2 cm³/mol. The zero-order valence-electron chi connectivity index (χ0n) is 13.4. The van der Waals surface area contributed by atoms with E-state index in [1.165, 1.54) is 24.8 Å². The SMILES string of the molecule is NC1CCC(C(=O)N(Cc2ccccc2)C2CCCCC2)C1. The maximum atomic E-state index is 13.1. The highest BCUT2D eigenvalue weighted by atomic mass is 16.2. The first kappa shape index (κ1) is 15.5. The van der Waals surface area contributed by atoms with Crippen molar-refractivity contribution < 1.29 is 4.79 Å². The van der Waals surface area contributed by atoms with Crippen molar-refractivity contribution in [2.24, 2.45) is 11.7 Å². The standard InChI is InChI=1S/C19H28N2O/c20-17-12-11-16(13-17)19(22)21(18-9-5-2-6-10-18)14-15-7-3-1-4-8-15/h1,3-4,7-8,16-18H,2,5-6,9-14,20H2. The maximum absolute atomic E-state index is 13.1. The van der Waals surface area contributed by atoms with Gasteiger partial charge in [0, 0.05) is 24.5 Å². The molecule has 22 heavy (non-hydrogen) atoms. The molecule has 0 spiro atoms. The van der Waals surface area contributed by atoms with Gasteiger partial charge in [-0.2, -0.15) is 0 Å². The molecule has 1 amide bonds. The summed E-state index contributed by atoms with van der Waals surface area (Å²) in [6, 6.07) is 11.1. The molecule has 3 rings (SSSR count). The monoisotopic (exact) mass is 300 g/mol. The van der Waals surface area contributed by atoms with Gasteiger partial charge in [-0.05, 0) is 37.7 Å². The Kier molecular flexibility index (Phi) is 5.14. The quantitative estimate of drug-likeness (QED) is 0.925. The van der Waals surface area contributed by atoms with Gasteiger partial charge >= 0.3 is 0 Å². The van der Waals surface area contributed by atoms with Crippen LogP contribution in [0.1, 0.15) is 56.9 Å². The lowest BCUT2D eigenvalue weighted by Crippen LogP contribution is -2.43. The summed E-state index contributed by atoms with van der Waals surface area (Å²) in [5.41, 5.74) is 7.26. The van der Waals surface area contributed by atoms with Crippen molar-refractivity contribution in [2.45, 2.75) is 70.0 Å². The molecule has 0 radical (unpaired) electrons. The van der Waals surface area contributed by atoms with Crippen molar-refractivity contribution in [2.75, 3.05) is 0 Å². The highest BCUT2D eigenvalue weighted by molar-refractivity contribution is 5.79. The molecule has 0 aliphatic heterocycles. The molecule has 0 aromatic heterocycles. The van der Waals surface area contributed by atoms with Crippen LogP contribution >= 0.6 is 0 Å². The van der Waals surface area contributed by atoms with Crippen molar-refractivity contribution in [1.82, 2.24) is 4.90 Å². The second kappa shape index (κ2) is 7.28. The lowest BCUT2D eigenvalue weighted by molar-refractivity contribution is -0.139. The van der Waals surface area contributed by atoms with Crippen LogP contribution < -0.4 is 5.73 Å². The molecule has 2 N–H and O–H groups in total. The molecule has 1 aromatic carbocycles. The molecular weight excluding hydrogens is 272 g/mol. The summed E-state index contributed by atoms with van der Waals surface area (Å²) < 4.78 is 0. The molecular formula is C19H28N2O. The Morgan fingerprint density at radius 3 is 2.41 bits per heavy atom. The summed E-state index contributed by atoms with van der Waals surface area (Å²) in [6.45, 7) is 0.760. The fourth-order valence-electron chi connectivity index (χ4n) is 4.04. The molecule has 120 valence electrons.